The summed E-state index contributed by atoms with van der Waals surface area (Å²) in [5, 5.41) is 0. The third-order valence-electron chi connectivity index (χ3n) is 7.89. The molecule has 0 spiro atoms. The summed E-state index contributed by atoms with van der Waals surface area (Å²) in [6.45, 7) is 8.19. The largest absolute Gasteiger partial charge is 0.309 e. The first-order chi connectivity index (χ1) is 12.1. The molecule has 1 aromatic rings. The predicted molar refractivity (Wildman–Crippen MR) is 103 cm³/mol. The van der Waals surface area contributed by atoms with Gasteiger partial charge in [-0.2, -0.15) is 0 Å². The van der Waals surface area contributed by atoms with Gasteiger partial charge in [-0.3, -0.25) is 9.59 Å². The number of fused-ring (bicyclic) bond motifs is 3. The molecule has 5 heteroatoms. The summed E-state index contributed by atoms with van der Waals surface area (Å²) in [7, 11) is 0. The van der Waals surface area contributed by atoms with Gasteiger partial charge in [-0.25, -0.2) is 4.39 Å². The molecule has 0 aromatic heterocycles. The van der Waals surface area contributed by atoms with Crippen LogP contribution in [0.1, 0.15) is 52.5 Å². The Balaban J connectivity index is 1.85. The summed E-state index contributed by atoms with van der Waals surface area (Å²) < 4.78 is 13.7. The van der Waals surface area contributed by atoms with E-state index in [-0.39, 0.29) is 23.5 Å². The summed E-state index contributed by atoms with van der Waals surface area (Å²) >= 11 is 3.61. The lowest BCUT2D eigenvalue weighted by molar-refractivity contribution is -0.133. The number of benzene rings is 1. The zero-order chi connectivity index (χ0) is 19.1. The lowest BCUT2D eigenvalue weighted by atomic mass is 9.64. The molecule has 1 aliphatic heterocycles. The van der Waals surface area contributed by atoms with Gasteiger partial charge in [0.1, 0.15) is 5.82 Å². The van der Waals surface area contributed by atoms with E-state index in [2.05, 4.69) is 29.8 Å². The van der Waals surface area contributed by atoms with Crippen LogP contribution in [0.4, 0.5) is 10.1 Å². The number of Topliss-reactive ketones (excluding diaryl/α,β-unsaturated/α-hetero) is 1. The van der Waals surface area contributed by atoms with E-state index in [1.54, 1.807) is 6.07 Å². The fraction of sp³-hybridized carbons (Fsp3) is 0.619. The first-order valence-corrected chi connectivity index (χ1v) is 10.3. The third kappa shape index (κ3) is 1.88. The Morgan fingerprint density at radius 1 is 1.27 bits per heavy atom. The third-order valence-corrected chi connectivity index (χ3v) is 9.09. The van der Waals surface area contributed by atoms with Crippen molar-refractivity contribution in [2.45, 2.75) is 64.2 Å². The maximum absolute atomic E-state index is 14.0. The van der Waals surface area contributed by atoms with Crippen LogP contribution in [0.25, 0.3) is 0 Å². The highest BCUT2D eigenvalue weighted by molar-refractivity contribution is 9.10. The van der Waals surface area contributed by atoms with E-state index >= 15 is 0 Å². The van der Waals surface area contributed by atoms with Gasteiger partial charge in [-0.15, -0.1) is 0 Å². The van der Waals surface area contributed by atoms with Gasteiger partial charge in [0.25, 0.3) is 0 Å². The molecule has 3 nitrogen and oxygen atoms in total. The number of hydrogen-bond acceptors (Lipinski definition) is 2. The highest BCUT2D eigenvalue weighted by atomic mass is 79.9. The average molecular weight is 422 g/mol. The normalized spacial score (nSPS) is 37.8. The molecule has 2 saturated carbocycles. The van der Waals surface area contributed by atoms with E-state index in [0.717, 1.165) is 30.5 Å². The van der Waals surface area contributed by atoms with E-state index in [0.29, 0.717) is 6.42 Å². The van der Waals surface area contributed by atoms with Crippen molar-refractivity contribution in [3.63, 3.8) is 0 Å². The number of halogens is 2. The van der Waals surface area contributed by atoms with Crippen molar-refractivity contribution in [3.05, 3.63) is 29.6 Å². The number of alkyl halides is 1. The zero-order valence-corrected chi connectivity index (χ0v) is 17.3. The van der Waals surface area contributed by atoms with E-state index < -0.39 is 21.1 Å². The molecule has 4 rings (SSSR count). The molecule has 26 heavy (non-hydrogen) atoms. The summed E-state index contributed by atoms with van der Waals surface area (Å²) in [5.41, 5.74) is 0.00639. The van der Waals surface area contributed by atoms with Crippen molar-refractivity contribution in [2.75, 3.05) is 4.90 Å². The SMILES string of the molecule is CC1CCc2cc(F)ccc2N1C(=O)C12CCC(C)(C(=O)C1Br)C2(C)C. The summed E-state index contributed by atoms with van der Waals surface area (Å²) in [4.78, 5) is 28.4. The highest BCUT2D eigenvalue weighted by Gasteiger charge is 2.77. The van der Waals surface area contributed by atoms with Crippen LogP contribution in [0.5, 0.6) is 0 Å². The van der Waals surface area contributed by atoms with Gasteiger partial charge >= 0.3 is 0 Å². The van der Waals surface area contributed by atoms with Gasteiger partial charge in [-0.1, -0.05) is 36.7 Å². The van der Waals surface area contributed by atoms with Crippen LogP contribution in [-0.4, -0.2) is 22.6 Å². The molecular formula is C21H25BrFNO2. The van der Waals surface area contributed by atoms with Crippen LogP contribution in [0.15, 0.2) is 18.2 Å². The predicted octanol–water partition coefficient (Wildman–Crippen LogP) is 4.65. The van der Waals surface area contributed by atoms with Crippen molar-refractivity contribution < 1.29 is 14.0 Å². The first-order valence-electron chi connectivity index (χ1n) is 9.38. The number of hydrogen-bond donors (Lipinski definition) is 0. The second-order valence-electron chi connectivity index (χ2n) is 8.99. The Morgan fingerprint density at radius 3 is 2.58 bits per heavy atom. The molecule has 4 atom stereocenters. The molecule has 1 aromatic carbocycles. The van der Waals surface area contributed by atoms with E-state index in [4.69, 9.17) is 0 Å². The average Bonchev–Trinajstić information content (AvgIpc) is 2.86. The monoisotopic (exact) mass is 421 g/mol. The minimum absolute atomic E-state index is 0.0130. The van der Waals surface area contributed by atoms with Crippen molar-refractivity contribution in [3.8, 4) is 0 Å². The lowest BCUT2D eigenvalue weighted by Crippen LogP contribution is -2.56. The van der Waals surface area contributed by atoms with Gasteiger partial charge < -0.3 is 4.90 Å². The van der Waals surface area contributed by atoms with Crippen molar-refractivity contribution in [2.24, 2.45) is 16.2 Å². The molecule has 3 aliphatic rings. The molecule has 1 heterocycles. The van der Waals surface area contributed by atoms with E-state index in [1.807, 2.05) is 18.7 Å². The Kier molecular flexibility index (Phi) is 3.77. The molecule has 2 aliphatic carbocycles. The topological polar surface area (TPSA) is 37.4 Å². The number of ketones is 1. The number of anilines is 1. The Hall–Kier alpha value is -1.23. The van der Waals surface area contributed by atoms with Crippen LogP contribution in [0.2, 0.25) is 0 Å². The fourth-order valence-corrected chi connectivity index (χ4v) is 7.17. The maximum atomic E-state index is 14.0. The van der Waals surface area contributed by atoms with E-state index in [9.17, 15) is 14.0 Å². The summed E-state index contributed by atoms with van der Waals surface area (Å²) in [6, 6.07) is 4.71. The lowest BCUT2D eigenvalue weighted by Gasteiger charge is -2.46. The maximum Gasteiger partial charge on any atom is 0.235 e. The first kappa shape index (κ1) is 18.1. The number of carbonyl (C=O) groups is 2. The minimum atomic E-state index is -0.754. The number of nitrogens with zero attached hydrogens (tertiary/aromatic N) is 1. The van der Waals surface area contributed by atoms with Crippen LogP contribution in [-0.2, 0) is 16.0 Å². The van der Waals surface area contributed by atoms with Crippen LogP contribution in [0.3, 0.4) is 0 Å². The van der Waals surface area contributed by atoms with Crippen LogP contribution in [0, 0.1) is 22.1 Å². The highest BCUT2D eigenvalue weighted by Crippen LogP contribution is 2.72. The van der Waals surface area contributed by atoms with Gasteiger partial charge in [-0.05, 0) is 61.8 Å². The number of carbonyl (C=O) groups excluding carboxylic acids is 2. The van der Waals surface area contributed by atoms with Crippen molar-refractivity contribution in [1.29, 1.82) is 0 Å². The van der Waals surface area contributed by atoms with Crippen molar-refractivity contribution in [1.82, 2.24) is 0 Å². The molecule has 2 bridgehead atoms. The fourth-order valence-electron chi connectivity index (χ4n) is 5.67. The summed E-state index contributed by atoms with van der Waals surface area (Å²) in [5.74, 6) is -0.114. The second kappa shape index (κ2) is 5.40. The minimum Gasteiger partial charge on any atom is -0.309 e. The van der Waals surface area contributed by atoms with Crippen LogP contribution >= 0.6 is 15.9 Å². The summed E-state index contributed by atoms with van der Waals surface area (Å²) in [6.07, 6.45) is 3.02. The number of aryl methyl sites for hydroxylation is 1. The zero-order valence-electron chi connectivity index (χ0n) is 15.7. The standard InChI is InChI=1S/C21H25BrFNO2/c1-12-5-6-13-11-14(23)7-8-15(13)24(12)18(26)21-10-9-20(4,19(21,2)3)17(25)16(21)22/h7-8,11-12,16H,5-6,9-10H2,1-4H3. The molecule has 0 radical (unpaired) electrons. The van der Waals surface area contributed by atoms with Gasteiger partial charge in [0.15, 0.2) is 5.78 Å². The van der Waals surface area contributed by atoms with E-state index in [1.165, 1.54) is 12.1 Å². The number of amides is 1. The van der Waals surface area contributed by atoms with Gasteiger partial charge in [0.05, 0.1) is 10.2 Å². The van der Waals surface area contributed by atoms with Gasteiger partial charge in [0.2, 0.25) is 5.91 Å². The Labute approximate surface area is 162 Å². The Bertz CT molecular complexity index is 822. The number of rotatable bonds is 1. The molecular weight excluding hydrogens is 397 g/mol. The van der Waals surface area contributed by atoms with Crippen molar-refractivity contribution >= 4 is 33.3 Å². The molecule has 4 unspecified atom stereocenters. The quantitative estimate of drug-likeness (QED) is 0.618. The van der Waals surface area contributed by atoms with Crippen LogP contribution < -0.4 is 4.90 Å². The van der Waals surface area contributed by atoms with Gasteiger partial charge in [0, 0.05) is 17.1 Å². The smallest absolute Gasteiger partial charge is 0.235 e. The molecule has 2 fully saturated rings. The molecule has 0 N–H and O–H groups in total. The second-order valence-corrected chi connectivity index (χ2v) is 9.91. The molecule has 0 saturated heterocycles. The molecule has 140 valence electrons. The molecule has 1 amide bonds. The Morgan fingerprint density at radius 2 is 1.96 bits per heavy atom.